The number of benzene rings is 1. The lowest BCUT2D eigenvalue weighted by Gasteiger charge is -2.24. The van der Waals surface area contributed by atoms with Crippen molar-refractivity contribution in [2.45, 2.75) is 9.90 Å². The molecule has 1 aromatic rings. The summed E-state index contributed by atoms with van der Waals surface area (Å²) in [5.41, 5.74) is 1.99. The van der Waals surface area contributed by atoms with Crippen LogP contribution >= 0.6 is 34.8 Å². The number of rotatable bonds is 4. The molecule has 1 N–H and O–H groups in total. The minimum atomic E-state index is -3.87. The van der Waals surface area contributed by atoms with E-state index < -0.39 is 26.1 Å². The zero-order chi connectivity index (χ0) is 15.4. The van der Waals surface area contributed by atoms with Gasteiger partial charge in [0.15, 0.2) is 6.10 Å². The van der Waals surface area contributed by atoms with Gasteiger partial charge in [0.05, 0.1) is 6.26 Å². The molecule has 1 aromatic carbocycles. The van der Waals surface area contributed by atoms with Crippen LogP contribution in [0.1, 0.15) is 11.7 Å². The Bertz CT molecular complexity index is 558. The van der Waals surface area contributed by atoms with Gasteiger partial charge in [0.2, 0.25) is 3.79 Å². The Labute approximate surface area is 131 Å². The van der Waals surface area contributed by atoms with E-state index in [0.29, 0.717) is 5.56 Å². The minimum Gasteiger partial charge on any atom is -0.435 e. The molecule has 20 heavy (non-hydrogen) atoms. The highest BCUT2D eigenvalue weighted by molar-refractivity contribution is 7.85. The number of amides is 1. The summed E-state index contributed by atoms with van der Waals surface area (Å²) in [4.78, 5) is 11.4. The number of hydrogen-bond donors (Lipinski definition) is 1. The number of hydroxylamine groups is 1. The van der Waals surface area contributed by atoms with Gasteiger partial charge in [-0.15, -0.1) is 4.28 Å². The van der Waals surface area contributed by atoms with E-state index in [2.05, 4.69) is 4.28 Å². The van der Waals surface area contributed by atoms with Crippen LogP contribution in [0.3, 0.4) is 0 Å². The SMILES string of the molecule is CS(=O)(=O)ONC(=O)O[C@@H](c1ccccc1)C(Cl)(Cl)Cl. The Hall–Kier alpha value is -0.730. The first-order valence-corrected chi connectivity index (χ1v) is 8.01. The van der Waals surface area contributed by atoms with E-state index in [1.54, 1.807) is 35.8 Å². The molecule has 0 fully saturated rings. The van der Waals surface area contributed by atoms with Crippen molar-refractivity contribution in [3.8, 4) is 0 Å². The van der Waals surface area contributed by atoms with Crippen molar-refractivity contribution in [2.24, 2.45) is 0 Å². The smallest absolute Gasteiger partial charge is 0.433 e. The predicted molar refractivity (Wildman–Crippen MR) is 75.0 cm³/mol. The van der Waals surface area contributed by atoms with Crippen LogP contribution in [0.5, 0.6) is 0 Å². The highest BCUT2D eigenvalue weighted by Gasteiger charge is 2.37. The molecular weight excluding hydrogens is 353 g/mol. The number of carbonyl (C=O) groups is 1. The van der Waals surface area contributed by atoms with E-state index in [0.717, 1.165) is 6.26 Å². The van der Waals surface area contributed by atoms with Crippen molar-refractivity contribution in [3.63, 3.8) is 0 Å². The lowest BCUT2D eigenvalue weighted by Crippen LogP contribution is -2.32. The Morgan fingerprint density at radius 1 is 1.25 bits per heavy atom. The molecule has 0 aromatic heterocycles. The normalized spacial score (nSPS) is 13.6. The topological polar surface area (TPSA) is 81.7 Å². The van der Waals surface area contributed by atoms with Gasteiger partial charge < -0.3 is 4.74 Å². The van der Waals surface area contributed by atoms with Gasteiger partial charge in [-0.05, 0) is 5.56 Å². The van der Waals surface area contributed by atoms with Gasteiger partial charge in [0.1, 0.15) is 0 Å². The number of halogens is 3. The number of ether oxygens (including phenoxy) is 1. The van der Waals surface area contributed by atoms with Crippen LogP contribution < -0.4 is 5.48 Å². The summed E-state index contributed by atoms with van der Waals surface area (Å²) in [6.45, 7) is 0. The van der Waals surface area contributed by atoms with Crippen molar-refractivity contribution >= 4 is 51.0 Å². The Morgan fingerprint density at radius 2 is 1.80 bits per heavy atom. The van der Waals surface area contributed by atoms with Crippen LogP contribution in [0.15, 0.2) is 30.3 Å². The molecule has 0 bridgehead atoms. The maximum Gasteiger partial charge on any atom is 0.433 e. The third-order valence-electron chi connectivity index (χ3n) is 1.90. The van der Waals surface area contributed by atoms with Crippen LogP contribution in [-0.4, -0.2) is 24.6 Å². The first-order valence-electron chi connectivity index (χ1n) is 5.06. The summed E-state index contributed by atoms with van der Waals surface area (Å²) in [5, 5.41) is 0. The van der Waals surface area contributed by atoms with Crippen LogP contribution in [-0.2, 0) is 19.1 Å². The largest absolute Gasteiger partial charge is 0.435 e. The van der Waals surface area contributed by atoms with Crippen molar-refractivity contribution in [1.82, 2.24) is 5.48 Å². The van der Waals surface area contributed by atoms with E-state index in [-0.39, 0.29) is 0 Å². The highest BCUT2D eigenvalue weighted by atomic mass is 35.6. The van der Waals surface area contributed by atoms with Gasteiger partial charge in [-0.1, -0.05) is 65.1 Å². The highest BCUT2D eigenvalue weighted by Crippen LogP contribution is 2.42. The monoisotopic (exact) mass is 361 g/mol. The summed E-state index contributed by atoms with van der Waals surface area (Å²) >= 11 is 17.2. The summed E-state index contributed by atoms with van der Waals surface area (Å²) in [5.74, 6) is 0. The predicted octanol–water partition coefficient (Wildman–Crippen LogP) is 2.72. The molecule has 1 rings (SSSR count). The number of alkyl halides is 3. The second-order valence-electron chi connectivity index (χ2n) is 3.63. The van der Waals surface area contributed by atoms with Gasteiger partial charge in [0, 0.05) is 0 Å². The van der Waals surface area contributed by atoms with Crippen molar-refractivity contribution < 1.29 is 22.2 Å². The molecule has 0 aliphatic rings. The quantitative estimate of drug-likeness (QED) is 0.658. The molecule has 0 heterocycles. The molecular formula is C10H10Cl3NO5S. The third-order valence-corrected chi connectivity index (χ3v) is 2.88. The van der Waals surface area contributed by atoms with Gasteiger partial charge in [-0.25, -0.2) is 4.79 Å². The lowest BCUT2D eigenvalue weighted by molar-refractivity contribution is 0.0673. The second-order valence-corrected chi connectivity index (χ2v) is 7.57. The van der Waals surface area contributed by atoms with Gasteiger partial charge in [-0.2, -0.15) is 13.9 Å². The number of hydrogen-bond acceptors (Lipinski definition) is 5. The minimum absolute atomic E-state index is 0.419. The average molecular weight is 363 g/mol. The summed E-state index contributed by atoms with van der Waals surface area (Å²) < 4.78 is 28.4. The molecule has 0 spiro atoms. The molecule has 6 nitrogen and oxygen atoms in total. The van der Waals surface area contributed by atoms with Crippen molar-refractivity contribution in [3.05, 3.63) is 35.9 Å². The Kier molecular flexibility index (Phi) is 5.91. The van der Waals surface area contributed by atoms with Crippen LogP contribution in [0, 0.1) is 0 Å². The van der Waals surface area contributed by atoms with Crippen LogP contribution in [0.4, 0.5) is 4.79 Å². The summed E-state index contributed by atoms with van der Waals surface area (Å²) in [7, 11) is -3.87. The molecule has 112 valence electrons. The maximum absolute atomic E-state index is 11.4. The Balaban J connectivity index is 2.80. The maximum atomic E-state index is 11.4. The van der Waals surface area contributed by atoms with Crippen LogP contribution in [0.25, 0.3) is 0 Å². The zero-order valence-corrected chi connectivity index (χ0v) is 13.1. The van der Waals surface area contributed by atoms with E-state index in [4.69, 9.17) is 39.5 Å². The second kappa shape index (κ2) is 6.82. The molecule has 0 unspecified atom stereocenters. The standard InChI is InChI=1S/C10H10Cl3NO5S/c1-20(16,17)19-14-9(15)18-8(10(11,12)13)7-5-3-2-4-6-7/h2-6,8H,1H3,(H,14,15)/t8-/m0/s1. The summed E-state index contributed by atoms with van der Waals surface area (Å²) in [6, 6.07) is 8.21. The number of carbonyl (C=O) groups excluding carboxylic acids is 1. The van der Waals surface area contributed by atoms with E-state index >= 15 is 0 Å². The fraction of sp³-hybridized carbons (Fsp3) is 0.300. The van der Waals surface area contributed by atoms with E-state index in [1.165, 1.54) is 0 Å². The van der Waals surface area contributed by atoms with Crippen molar-refractivity contribution in [1.29, 1.82) is 0 Å². The first-order chi connectivity index (χ1) is 9.09. The molecule has 0 saturated heterocycles. The molecule has 0 aliphatic carbocycles. The van der Waals surface area contributed by atoms with Gasteiger partial charge in [0.25, 0.3) is 10.1 Å². The molecule has 1 atom stereocenters. The number of nitrogens with one attached hydrogen (secondary N) is 1. The molecule has 0 saturated carbocycles. The fourth-order valence-electron chi connectivity index (χ4n) is 1.19. The zero-order valence-electron chi connectivity index (χ0n) is 10.0. The average Bonchev–Trinajstić information content (AvgIpc) is 2.32. The van der Waals surface area contributed by atoms with Gasteiger partial charge in [-0.3, -0.25) is 0 Å². The molecule has 1 amide bonds. The molecule has 0 radical (unpaired) electrons. The van der Waals surface area contributed by atoms with Crippen molar-refractivity contribution in [2.75, 3.05) is 6.26 Å². The first kappa shape index (κ1) is 17.3. The third kappa shape index (κ3) is 6.15. The summed E-state index contributed by atoms with van der Waals surface area (Å²) in [6.07, 6.45) is -1.70. The van der Waals surface area contributed by atoms with E-state index in [9.17, 15) is 13.2 Å². The fourth-order valence-corrected chi connectivity index (χ4v) is 1.92. The molecule has 10 heteroatoms. The van der Waals surface area contributed by atoms with Gasteiger partial charge >= 0.3 is 6.09 Å². The Morgan fingerprint density at radius 3 is 2.25 bits per heavy atom. The molecule has 0 aliphatic heterocycles. The van der Waals surface area contributed by atoms with Crippen LogP contribution in [0.2, 0.25) is 0 Å². The van der Waals surface area contributed by atoms with E-state index in [1.807, 2.05) is 0 Å². The lowest BCUT2D eigenvalue weighted by atomic mass is 10.1.